The summed E-state index contributed by atoms with van der Waals surface area (Å²) in [6.45, 7) is 26.0. The molecule has 2 atom stereocenters. The molecule has 2 aromatic rings. The number of rotatable bonds is 5. The van der Waals surface area contributed by atoms with Crippen LogP contribution in [-0.4, -0.2) is 31.3 Å². The molecule has 0 bridgehead atoms. The highest BCUT2D eigenvalue weighted by molar-refractivity contribution is 7.42. The standard InChI is InChI=1S/C28H42Si4/c1-29(2,3)25-19-27(23-17-13-11-15-21(23)25)31(7,8)32(9,10)28-20-26(30(4,5)6)22-16-12-14-18-24(22)28/h11-20,27-28H,1-10H3. The Morgan fingerprint density at radius 1 is 0.469 bits per heavy atom. The fraction of sp³-hybridized carbons (Fsp3) is 0.429. The number of allylic oxidation sites excluding steroid dienone is 2. The van der Waals surface area contributed by atoms with Crippen molar-refractivity contribution in [3.63, 3.8) is 0 Å². The van der Waals surface area contributed by atoms with Gasteiger partial charge in [-0.1, -0.05) is 137 Å². The van der Waals surface area contributed by atoms with Crippen molar-refractivity contribution >= 4 is 41.7 Å². The van der Waals surface area contributed by atoms with Crippen molar-refractivity contribution < 1.29 is 0 Å². The van der Waals surface area contributed by atoms with Crippen LogP contribution in [0.2, 0.25) is 65.5 Å². The van der Waals surface area contributed by atoms with Crippen molar-refractivity contribution in [3.05, 3.63) is 82.9 Å². The van der Waals surface area contributed by atoms with E-state index in [1.807, 2.05) is 0 Å². The number of fused-ring (bicyclic) bond motifs is 2. The lowest BCUT2D eigenvalue weighted by molar-refractivity contribution is 1.13. The van der Waals surface area contributed by atoms with Gasteiger partial charge in [0.05, 0.1) is 31.3 Å². The van der Waals surface area contributed by atoms with Crippen LogP contribution in [0.25, 0.3) is 10.4 Å². The first-order valence-electron chi connectivity index (χ1n) is 12.3. The van der Waals surface area contributed by atoms with E-state index in [-0.39, 0.29) is 0 Å². The Kier molecular flexibility index (Phi) is 5.72. The molecule has 0 spiro atoms. The van der Waals surface area contributed by atoms with E-state index in [0.717, 1.165) is 0 Å². The van der Waals surface area contributed by atoms with Gasteiger partial charge >= 0.3 is 0 Å². The van der Waals surface area contributed by atoms with Gasteiger partial charge < -0.3 is 0 Å². The van der Waals surface area contributed by atoms with Gasteiger partial charge in [0.2, 0.25) is 0 Å². The zero-order chi connectivity index (χ0) is 23.7. The quantitative estimate of drug-likeness (QED) is 0.368. The molecule has 0 saturated carbocycles. The molecular weight excluding hydrogens is 449 g/mol. The summed E-state index contributed by atoms with van der Waals surface area (Å²) in [6.07, 6.45) is 5.53. The predicted octanol–water partition coefficient (Wildman–Crippen LogP) is 8.68. The molecule has 2 aliphatic carbocycles. The minimum atomic E-state index is -1.64. The normalized spacial score (nSPS) is 21.2. The highest BCUT2D eigenvalue weighted by Crippen LogP contribution is 2.52. The Hall–Kier alpha value is -1.21. The molecule has 0 N–H and O–H groups in total. The van der Waals surface area contributed by atoms with Crippen LogP contribution in [0.5, 0.6) is 0 Å². The number of hydrogen-bond acceptors (Lipinski definition) is 0. The van der Waals surface area contributed by atoms with Crippen LogP contribution in [0.4, 0.5) is 0 Å². The molecule has 170 valence electrons. The maximum atomic E-state index is 2.77. The second-order valence-electron chi connectivity index (χ2n) is 13.2. The zero-order valence-corrected chi connectivity index (χ0v) is 25.9. The van der Waals surface area contributed by atoms with Crippen molar-refractivity contribution in [2.24, 2.45) is 0 Å². The van der Waals surface area contributed by atoms with Crippen LogP contribution in [0.15, 0.2) is 60.7 Å². The number of hydrogen-bond donors (Lipinski definition) is 0. The molecule has 2 aromatic carbocycles. The molecule has 2 unspecified atom stereocenters. The van der Waals surface area contributed by atoms with Gasteiger partial charge in [0, 0.05) is 0 Å². The van der Waals surface area contributed by atoms with Gasteiger partial charge in [-0.25, -0.2) is 0 Å². The molecule has 0 radical (unpaired) electrons. The van der Waals surface area contributed by atoms with Crippen molar-refractivity contribution in [1.29, 1.82) is 0 Å². The van der Waals surface area contributed by atoms with E-state index in [1.54, 1.807) is 32.6 Å². The Morgan fingerprint density at radius 3 is 1.09 bits per heavy atom. The smallest absolute Gasteiger partial charge is 0.0779 e. The molecule has 0 heterocycles. The average molecular weight is 491 g/mol. The first-order valence-corrected chi connectivity index (χ1v) is 26.5. The van der Waals surface area contributed by atoms with Gasteiger partial charge in [-0.3, -0.25) is 0 Å². The molecule has 0 amide bonds. The summed E-state index contributed by atoms with van der Waals surface area (Å²) in [6, 6.07) is 18.8. The molecule has 0 fully saturated rings. The van der Waals surface area contributed by atoms with Gasteiger partial charge in [0.1, 0.15) is 0 Å². The van der Waals surface area contributed by atoms with Gasteiger partial charge in [0.25, 0.3) is 0 Å². The van der Waals surface area contributed by atoms with Gasteiger partial charge in [-0.2, -0.15) is 0 Å². The van der Waals surface area contributed by atoms with Crippen molar-refractivity contribution in [1.82, 2.24) is 0 Å². The van der Waals surface area contributed by atoms with Crippen LogP contribution in [-0.2, 0) is 0 Å². The third-order valence-electron chi connectivity index (χ3n) is 8.67. The lowest BCUT2D eigenvalue weighted by Gasteiger charge is -2.46. The maximum absolute atomic E-state index is 2.77. The van der Waals surface area contributed by atoms with Crippen molar-refractivity contribution in [2.45, 2.75) is 76.6 Å². The minimum absolute atomic E-state index is 0.651. The Balaban J connectivity index is 1.85. The van der Waals surface area contributed by atoms with E-state index in [2.05, 4.69) is 126 Å². The lowest BCUT2D eigenvalue weighted by atomic mass is 10.1. The SMILES string of the molecule is C[Si](C)(C)C1=CC([Si](C)(C)[Si](C)(C)C2C=C([Si](C)(C)C)c3ccccc32)c2ccccc21. The van der Waals surface area contributed by atoms with Crippen LogP contribution < -0.4 is 0 Å². The largest absolute Gasteiger partial charge is 0.0801 e. The van der Waals surface area contributed by atoms with E-state index >= 15 is 0 Å². The van der Waals surface area contributed by atoms with Crippen LogP contribution >= 0.6 is 0 Å². The summed E-state index contributed by atoms with van der Waals surface area (Å²) < 4.78 is 0. The highest BCUT2D eigenvalue weighted by Gasteiger charge is 2.54. The summed E-state index contributed by atoms with van der Waals surface area (Å²) in [4.78, 5) is 0. The molecule has 0 saturated heterocycles. The van der Waals surface area contributed by atoms with E-state index in [4.69, 9.17) is 0 Å². The van der Waals surface area contributed by atoms with E-state index in [0.29, 0.717) is 11.1 Å². The van der Waals surface area contributed by atoms with Gasteiger partial charge in [0.15, 0.2) is 0 Å². The van der Waals surface area contributed by atoms with Crippen LogP contribution in [0, 0.1) is 0 Å². The molecule has 4 heteroatoms. The molecule has 0 nitrogen and oxygen atoms in total. The molecule has 32 heavy (non-hydrogen) atoms. The average Bonchev–Trinajstić information content (AvgIpc) is 3.27. The minimum Gasteiger partial charge on any atom is -0.0801 e. The fourth-order valence-electron chi connectivity index (χ4n) is 6.02. The molecular formula is C28H42Si4. The summed E-state index contributed by atoms with van der Waals surface area (Å²) in [5.41, 5.74) is 7.74. The predicted molar refractivity (Wildman–Crippen MR) is 156 cm³/mol. The Labute approximate surface area is 200 Å². The Bertz CT molecular complexity index is 1020. The summed E-state index contributed by atoms with van der Waals surface area (Å²) >= 11 is 0. The van der Waals surface area contributed by atoms with Gasteiger partial charge in [-0.15, -0.1) is 0 Å². The second kappa shape index (κ2) is 7.65. The number of benzene rings is 2. The van der Waals surface area contributed by atoms with E-state index in [1.165, 1.54) is 0 Å². The van der Waals surface area contributed by atoms with Crippen LogP contribution in [0.1, 0.15) is 33.3 Å². The third-order valence-corrected chi connectivity index (χ3v) is 32.0. The fourth-order valence-corrected chi connectivity index (χ4v) is 20.8. The highest BCUT2D eigenvalue weighted by atomic mass is 29.3. The monoisotopic (exact) mass is 490 g/mol. The molecule has 2 aliphatic rings. The van der Waals surface area contributed by atoms with E-state index in [9.17, 15) is 0 Å². The van der Waals surface area contributed by atoms with E-state index < -0.39 is 31.3 Å². The first kappa shape index (κ1) is 23.9. The van der Waals surface area contributed by atoms with Gasteiger partial charge in [-0.05, 0) is 33.3 Å². The molecule has 4 rings (SSSR count). The summed E-state index contributed by atoms with van der Waals surface area (Å²) in [7, 11) is -6.05. The van der Waals surface area contributed by atoms with Crippen molar-refractivity contribution in [2.75, 3.05) is 0 Å². The summed E-state index contributed by atoms with van der Waals surface area (Å²) in [5.74, 6) is 0. The first-order chi connectivity index (χ1) is 14.7. The topological polar surface area (TPSA) is 0 Å². The van der Waals surface area contributed by atoms with Crippen molar-refractivity contribution in [3.8, 4) is 0 Å². The second-order valence-corrected chi connectivity index (χ2v) is 39.2. The maximum Gasteiger partial charge on any atom is 0.0779 e. The lowest BCUT2D eigenvalue weighted by Crippen LogP contribution is -2.61. The zero-order valence-electron chi connectivity index (χ0n) is 21.9. The summed E-state index contributed by atoms with van der Waals surface area (Å²) in [5, 5.41) is 3.40. The third kappa shape index (κ3) is 3.67. The molecule has 0 aromatic heterocycles. The van der Waals surface area contributed by atoms with Crippen LogP contribution in [0.3, 0.4) is 0 Å². The Morgan fingerprint density at radius 2 is 0.781 bits per heavy atom. The molecule has 0 aliphatic heterocycles.